The van der Waals surface area contributed by atoms with Crippen molar-refractivity contribution in [1.29, 1.82) is 0 Å². The van der Waals surface area contributed by atoms with Crippen molar-refractivity contribution in [2.24, 2.45) is 17.8 Å². The van der Waals surface area contributed by atoms with Crippen LogP contribution < -0.4 is 0 Å². The summed E-state index contributed by atoms with van der Waals surface area (Å²) >= 11 is 0. The molecular weight excluding hydrogens is 260 g/mol. The van der Waals surface area contributed by atoms with Crippen LogP contribution in [0.2, 0.25) is 0 Å². The predicted molar refractivity (Wildman–Crippen MR) is 70.6 cm³/mol. The van der Waals surface area contributed by atoms with Crippen molar-refractivity contribution in [3.8, 4) is 0 Å². The van der Waals surface area contributed by atoms with Crippen LogP contribution in [0.3, 0.4) is 0 Å². The Bertz CT molecular complexity index is 479. The molecule has 0 aromatic carbocycles. The van der Waals surface area contributed by atoms with Crippen molar-refractivity contribution in [3.63, 3.8) is 0 Å². The highest BCUT2D eigenvalue weighted by molar-refractivity contribution is 5.75. The van der Waals surface area contributed by atoms with Crippen LogP contribution in [-0.2, 0) is 9.53 Å². The third kappa shape index (κ3) is 1.70. The third-order valence-corrected chi connectivity index (χ3v) is 5.50. The fourth-order valence-corrected chi connectivity index (χ4v) is 4.08. The molecule has 5 nitrogen and oxygen atoms in total. The largest absolute Gasteiger partial charge is 0.461 e. The zero-order valence-corrected chi connectivity index (χ0v) is 12.0. The van der Waals surface area contributed by atoms with Gasteiger partial charge in [0.25, 0.3) is 0 Å². The summed E-state index contributed by atoms with van der Waals surface area (Å²) in [4.78, 5) is 11.8. The second-order valence-electron chi connectivity index (χ2n) is 6.94. The first-order valence-corrected chi connectivity index (χ1v) is 7.22. The fraction of sp³-hybridized carbons (Fsp3) is 0.800. The number of rotatable bonds is 0. The standard InChI is InChI=1S/C15H22O5/c1-7-8-4-5-14(2,18)9-6-10(16)15(3,19)11(9)12(8)20-13(7)17/h6-8,10-12,16,18-19H,4-5H2,1-3H3. The number of esters is 1. The molecule has 5 heteroatoms. The van der Waals surface area contributed by atoms with E-state index < -0.39 is 29.3 Å². The second-order valence-corrected chi connectivity index (χ2v) is 6.94. The van der Waals surface area contributed by atoms with Gasteiger partial charge in [-0.2, -0.15) is 0 Å². The van der Waals surface area contributed by atoms with Gasteiger partial charge in [0, 0.05) is 5.92 Å². The van der Waals surface area contributed by atoms with Crippen molar-refractivity contribution in [3.05, 3.63) is 11.6 Å². The van der Waals surface area contributed by atoms with Crippen LogP contribution in [0.25, 0.3) is 0 Å². The summed E-state index contributed by atoms with van der Waals surface area (Å²) in [6, 6.07) is 0. The minimum Gasteiger partial charge on any atom is -0.461 e. The lowest BCUT2D eigenvalue weighted by atomic mass is 9.75. The van der Waals surface area contributed by atoms with Gasteiger partial charge in [-0.1, -0.05) is 13.0 Å². The first-order valence-electron chi connectivity index (χ1n) is 7.22. The molecule has 0 amide bonds. The lowest BCUT2D eigenvalue weighted by molar-refractivity contribution is -0.151. The molecule has 1 saturated heterocycles. The van der Waals surface area contributed by atoms with Gasteiger partial charge in [-0.05, 0) is 32.3 Å². The van der Waals surface area contributed by atoms with E-state index in [-0.39, 0.29) is 17.8 Å². The molecule has 1 saturated carbocycles. The van der Waals surface area contributed by atoms with Crippen LogP contribution in [0.4, 0.5) is 0 Å². The van der Waals surface area contributed by atoms with Gasteiger partial charge in [-0.15, -0.1) is 0 Å². The average Bonchev–Trinajstić information content (AvgIpc) is 2.69. The summed E-state index contributed by atoms with van der Waals surface area (Å²) in [5.74, 6) is -1.06. The molecule has 0 spiro atoms. The van der Waals surface area contributed by atoms with Crippen molar-refractivity contribution in [2.75, 3.05) is 0 Å². The smallest absolute Gasteiger partial charge is 0.309 e. The topological polar surface area (TPSA) is 87.0 Å². The Kier molecular flexibility index (Phi) is 2.85. The number of hydrogen-bond acceptors (Lipinski definition) is 5. The van der Waals surface area contributed by atoms with E-state index in [1.54, 1.807) is 13.8 Å². The quantitative estimate of drug-likeness (QED) is 0.441. The maximum absolute atomic E-state index is 11.8. The van der Waals surface area contributed by atoms with E-state index >= 15 is 0 Å². The Morgan fingerprint density at radius 1 is 1.35 bits per heavy atom. The van der Waals surface area contributed by atoms with Crippen molar-refractivity contribution < 1.29 is 24.9 Å². The van der Waals surface area contributed by atoms with Gasteiger partial charge < -0.3 is 20.1 Å². The molecule has 20 heavy (non-hydrogen) atoms. The third-order valence-electron chi connectivity index (χ3n) is 5.50. The van der Waals surface area contributed by atoms with E-state index in [1.807, 2.05) is 6.92 Å². The number of carbonyl (C=O) groups is 1. The average molecular weight is 282 g/mol. The highest BCUT2D eigenvalue weighted by Gasteiger charge is 2.60. The van der Waals surface area contributed by atoms with E-state index in [1.165, 1.54) is 6.08 Å². The normalized spacial score (nSPS) is 54.8. The Labute approximate surface area is 118 Å². The van der Waals surface area contributed by atoms with Crippen LogP contribution in [-0.4, -0.2) is 44.7 Å². The van der Waals surface area contributed by atoms with Crippen LogP contribution in [0, 0.1) is 17.8 Å². The molecular formula is C15H22O5. The zero-order chi connectivity index (χ0) is 14.9. The van der Waals surface area contributed by atoms with Gasteiger partial charge >= 0.3 is 5.97 Å². The van der Waals surface area contributed by atoms with Gasteiger partial charge in [0.2, 0.25) is 0 Å². The monoisotopic (exact) mass is 282 g/mol. The maximum atomic E-state index is 11.8. The van der Waals surface area contributed by atoms with Gasteiger partial charge in [-0.3, -0.25) is 4.79 Å². The molecule has 1 heterocycles. The van der Waals surface area contributed by atoms with E-state index in [2.05, 4.69) is 0 Å². The molecule has 7 atom stereocenters. The van der Waals surface area contributed by atoms with Crippen LogP contribution in [0.5, 0.6) is 0 Å². The minimum atomic E-state index is -1.42. The summed E-state index contributed by atoms with van der Waals surface area (Å²) in [5, 5.41) is 31.4. The van der Waals surface area contributed by atoms with Gasteiger partial charge in [0.1, 0.15) is 17.8 Å². The molecule has 1 aliphatic heterocycles. The Balaban J connectivity index is 2.08. The molecule has 7 unspecified atom stereocenters. The lowest BCUT2D eigenvalue weighted by Crippen LogP contribution is -2.49. The highest BCUT2D eigenvalue weighted by Crippen LogP contribution is 2.53. The molecule has 3 aliphatic rings. The minimum absolute atomic E-state index is 0.0263. The van der Waals surface area contributed by atoms with Crippen molar-refractivity contribution >= 4 is 5.97 Å². The molecule has 0 aromatic heterocycles. The first-order chi connectivity index (χ1) is 9.16. The summed E-state index contributed by atoms with van der Waals surface area (Å²) in [6.45, 7) is 5.07. The molecule has 2 fully saturated rings. The number of fused-ring (bicyclic) bond motifs is 3. The summed E-state index contributed by atoms with van der Waals surface area (Å²) in [5.41, 5.74) is -1.90. The van der Waals surface area contributed by atoms with Crippen LogP contribution >= 0.6 is 0 Å². The molecule has 3 N–H and O–H groups in total. The molecule has 112 valence electrons. The summed E-state index contributed by atoms with van der Waals surface area (Å²) in [7, 11) is 0. The number of hydrogen-bond donors (Lipinski definition) is 3. The maximum Gasteiger partial charge on any atom is 0.309 e. The van der Waals surface area contributed by atoms with E-state index in [0.29, 0.717) is 18.4 Å². The first kappa shape index (κ1) is 14.0. The lowest BCUT2D eigenvalue weighted by Gasteiger charge is -2.36. The molecule has 0 aromatic rings. The van der Waals surface area contributed by atoms with E-state index in [4.69, 9.17) is 4.74 Å². The summed E-state index contributed by atoms with van der Waals surface area (Å²) < 4.78 is 5.49. The second kappa shape index (κ2) is 4.06. The molecule has 0 bridgehead atoms. The summed E-state index contributed by atoms with van der Waals surface area (Å²) in [6.07, 6.45) is 1.18. The molecule has 3 rings (SSSR count). The van der Waals surface area contributed by atoms with Gasteiger partial charge in [0.05, 0.1) is 17.4 Å². The number of carbonyl (C=O) groups excluding carboxylic acids is 1. The zero-order valence-electron chi connectivity index (χ0n) is 12.0. The Hall–Kier alpha value is -0.910. The SMILES string of the molecule is CC1C(=O)OC2C1CCC(C)(O)C1=CC(O)C(C)(O)C12. The van der Waals surface area contributed by atoms with Crippen molar-refractivity contribution in [2.45, 2.75) is 57.0 Å². The van der Waals surface area contributed by atoms with Crippen LogP contribution in [0.15, 0.2) is 11.6 Å². The highest BCUT2D eigenvalue weighted by atomic mass is 16.6. The number of ether oxygens (including phenoxy) is 1. The molecule has 0 radical (unpaired) electrons. The predicted octanol–water partition coefficient (Wildman–Crippen LogP) is 0.377. The number of aliphatic hydroxyl groups is 3. The van der Waals surface area contributed by atoms with Crippen molar-refractivity contribution in [1.82, 2.24) is 0 Å². The van der Waals surface area contributed by atoms with Crippen LogP contribution in [0.1, 0.15) is 33.6 Å². The van der Waals surface area contributed by atoms with E-state index in [0.717, 1.165) is 0 Å². The molecule has 2 aliphatic carbocycles. The Morgan fingerprint density at radius 2 is 2.00 bits per heavy atom. The van der Waals surface area contributed by atoms with E-state index in [9.17, 15) is 20.1 Å². The van der Waals surface area contributed by atoms with Gasteiger partial charge in [0.15, 0.2) is 0 Å². The number of aliphatic hydroxyl groups excluding tert-OH is 1. The Morgan fingerprint density at radius 3 is 2.65 bits per heavy atom. The van der Waals surface area contributed by atoms with Gasteiger partial charge in [-0.25, -0.2) is 0 Å². The fourth-order valence-electron chi connectivity index (χ4n) is 4.08.